The number of ether oxygens (including phenoxy) is 3. The predicted molar refractivity (Wildman–Crippen MR) is 127 cm³/mol. The Morgan fingerprint density at radius 3 is 2.25 bits per heavy atom. The third-order valence-electron chi connectivity index (χ3n) is 5.26. The van der Waals surface area contributed by atoms with Gasteiger partial charge >= 0.3 is 0 Å². The molecular formula is C26H26N2O4. The van der Waals surface area contributed by atoms with Gasteiger partial charge in [-0.2, -0.15) is 0 Å². The highest BCUT2D eigenvalue weighted by Crippen LogP contribution is 2.40. The number of hydrogen-bond acceptors (Lipinski definition) is 6. The highest BCUT2D eigenvalue weighted by Gasteiger charge is 2.16. The number of phenolic OH excluding ortho intramolecular Hbond substituents is 1. The lowest BCUT2D eigenvalue weighted by molar-refractivity contribution is 0.320. The summed E-state index contributed by atoms with van der Waals surface area (Å²) in [5.41, 5.74) is 3.68. The number of hydrogen-bond donors (Lipinski definition) is 2. The minimum atomic E-state index is 0.108. The van der Waals surface area contributed by atoms with Crippen molar-refractivity contribution in [2.24, 2.45) is 0 Å². The second-order valence-corrected chi connectivity index (χ2v) is 7.28. The van der Waals surface area contributed by atoms with Crippen LogP contribution in [-0.2, 0) is 6.42 Å². The largest absolute Gasteiger partial charge is 0.504 e. The van der Waals surface area contributed by atoms with Crippen LogP contribution in [0.1, 0.15) is 18.1 Å². The van der Waals surface area contributed by atoms with Gasteiger partial charge in [0.25, 0.3) is 0 Å². The number of aromatic nitrogens is 1. The molecule has 4 rings (SSSR count). The van der Waals surface area contributed by atoms with Crippen molar-refractivity contribution in [1.29, 1.82) is 0 Å². The highest BCUT2D eigenvalue weighted by molar-refractivity contribution is 5.92. The normalized spacial score (nSPS) is 10.7. The molecule has 164 valence electrons. The van der Waals surface area contributed by atoms with Crippen molar-refractivity contribution in [3.63, 3.8) is 0 Å². The summed E-state index contributed by atoms with van der Waals surface area (Å²) in [7, 11) is 3.28. The zero-order chi connectivity index (χ0) is 22.5. The van der Waals surface area contributed by atoms with Crippen molar-refractivity contribution in [1.82, 2.24) is 4.98 Å². The SMILES string of the molecule is CCOc1ccc2c(Cc3cc(OC)c(Nc4ccccc4)c(OC)c3)cncc2c1O. The van der Waals surface area contributed by atoms with Crippen molar-refractivity contribution in [2.45, 2.75) is 13.3 Å². The molecule has 0 amide bonds. The Balaban J connectivity index is 1.72. The van der Waals surface area contributed by atoms with Crippen LogP contribution in [0.5, 0.6) is 23.0 Å². The molecule has 2 N–H and O–H groups in total. The lowest BCUT2D eigenvalue weighted by atomic mass is 9.99. The molecule has 0 fully saturated rings. The number of fused-ring (bicyclic) bond motifs is 1. The maximum atomic E-state index is 10.6. The molecule has 0 aliphatic rings. The molecule has 6 heteroatoms. The summed E-state index contributed by atoms with van der Waals surface area (Å²) in [5, 5.41) is 15.6. The van der Waals surface area contributed by atoms with Crippen LogP contribution in [0.2, 0.25) is 0 Å². The molecule has 0 aliphatic carbocycles. The fourth-order valence-electron chi connectivity index (χ4n) is 3.76. The number of nitrogens with zero attached hydrogens (tertiary/aromatic N) is 1. The minimum absolute atomic E-state index is 0.108. The number of pyridine rings is 1. The minimum Gasteiger partial charge on any atom is -0.504 e. The van der Waals surface area contributed by atoms with Gasteiger partial charge in [0.2, 0.25) is 0 Å². The van der Waals surface area contributed by atoms with Gasteiger partial charge in [0, 0.05) is 23.5 Å². The lowest BCUT2D eigenvalue weighted by Gasteiger charge is -2.17. The molecule has 0 spiro atoms. The van der Waals surface area contributed by atoms with Crippen LogP contribution in [0.4, 0.5) is 11.4 Å². The van der Waals surface area contributed by atoms with Gasteiger partial charge in [-0.25, -0.2) is 0 Å². The molecule has 0 aliphatic heterocycles. The topological polar surface area (TPSA) is 72.8 Å². The second kappa shape index (κ2) is 9.47. The van der Waals surface area contributed by atoms with E-state index >= 15 is 0 Å². The summed E-state index contributed by atoms with van der Waals surface area (Å²) in [4.78, 5) is 4.34. The molecule has 6 nitrogen and oxygen atoms in total. The second-order valence-electron chi connectivity index (χ2n) is 7.28. The van der Waals surface area contributed by atoms with Gasteiger partial charge in [0.15, 0.2) is 11.5 Å². The van der Waals surface area contributed by atoms with Gasteiger partial charge in [-0.3, -0.25) is 4.98 Å². The number of aromatic hydroxyl groups is 1. The van der Waals surface area contributed by atoms with E-state index < -0.39 is 0 Å². The van der Waals surface area contributed by atoms with Crippen LogP contribution in [-0.4, -0.2) is 30.9 Å². The highest BCUT2D eigenvalue weighted by atomic mass is 16.5. The lowest BCUT2D eigenvalue weighted by Crippen LogP contribution is -2.01. The summed E-state index contributed by atoms with van der Waals surface area (Å²) in [6, 6.07) is 17.6. The molecule has 0 unspecified atom stereocenters. The van der Waals surface area contributed by atoms with E-state index in [4.69, 9.17) is 14.2 Å². The van der Waals surface area contributed by atoms with Crippen molar-refractivity contribution >= 4 is 22.1 Å². The van der Waals surface area contributed by atoms with Gasteiger partial charge in [-0.05, 0) is 60.2 Å². The van der Waals surface area contributed by atoms with Gasteiger partial charge in [-0.1, -0.05) is 24.3 Å². The Bertz CT molecular complexity index is 1200. The van der Waals surface area contributed by atoms with E-state index in [2.05, 4.69) is 10.3 Å². The molecular weight excluding hydrogens is 404 g/mol. The van der Waals surface area contributed by atoms with Crippen LogP contribution in [0.15, 0.2) is 67.0 Å². The van der Waals surface area contributed by atoms with E-state index in [0.717, 1.165) is 27.9 Å². The summed E-state index contributed by atoms with van der Waals surface area (Å²) >= 11 is 0. The fourth-order valence-corrected chi connectivity index (χ4v) is 3.76. The van der Waals surface area contributed by atoms with Gasteiger partial charge in [0.1, 0.15) is 17.2 Å². The van der Waals surface area contributed by atoms with Crippen molar-refractivity contribution < 1.29 is 19.3 Å². The summed E-state index contributed by atoms with van der Waals surface area (Å²) in [6.07, 6.45) is 4.07. The first-order chi connectivity index (χ1) is 15.6. The Morgan fingerprint density at radius 2 is 1.59 bits per heavy atom. The van der Waals surface area contributed by atoms with E-state index in [0.29, 0.717) is 35.7 Å². The van der Waals surface area contributed by atoms with Crippen LogP contribution < -0.4 is 19.5 Å². The van der Waals surface area contributed by atoms with Crippen LogP contribution in [0.3, 0.4) is 0 Å². The number of nitrogens with one attached hydrogen (secondary N) is 1. The van der Waals surface area contributed by atoms with E-state index in [-0.39, 0.29) is 5.75 Å². The molecule has 0 atom stereocenters. The van der Waals surface area contributed by atoms with Crippen LogP contribution >= 0.6 is 0 Å². The Morgan fingerprint density at radius 1 is 0.875 bits per heavy atom. The fraction of sp³-hybridized carbons (Fsp3) is 0.192. The maximum Gasteiger partial charge on any atom is 0.167 e. The summed E-state index contributed by atoms with van der Waals surface area (Å²) < 4.78 is 16.9. The smallest absolute Gasteiger partial charge is 0.167 e. The molecule has 0 saturated carbocycles. The van der Waals surface area contributed by atoms with E-state index in [1.165, 1.54) is 0 Å². The number of para-hydroxylation sites is 1. The van der Waals surface area contributed by atoms with Crippen molar-refractivity contribution in [3.05, 3.63) is 78.1 Å². The maximum absolute atomic E-state index is 10.6. The number of rotatable bonds is 8. The van der Waals surface area contributed by atoms with Crippen LogP contribution in [0.25, 0.3) is 10.8 Å². The molecule has 0 saturated heterocycles. The number of phenols is 1. The summed E-state index contributed by atoms with van der Waals surface area (Å²) in [5.74, 6) is 1.92. The number of anilines is 2. The molecule has 0 bridgehead atoms. The Labute approximate surface area is 187 Å². The average molecular weight is 431 g/mol. The first-order valence-corrected chi connectivity index (χ1v) is 10.4. The van der Waals surface area contributed by atoms with Crippen molar-refractivity contribution in [2.75, 3.05) is 26.1 Å². The third kappa shape index (κ3) is 4.25. The van der Waals surface area contributed by atoms with Gasteiger partial charge in [-0.15, -0.1) is 0 Å². The average Bonchev–Trinajstić information content (AvgIpc) is 2.82. The molecule has 4 aromatic rings. The molecule has 0 radical (unpaired) electrons. The first-order valence-electron chi connectivity index (χ1n) is 10.4. The zero-order valence-corrected chi connectivity index (χ0v) is 18.4. The van der Waals surface area contributed by atoms with Crippen LogP contribution in [0, 0.1) is 0 Å². The standard InChI is InChI=1S/C26H26N2O4/c1-4-32-22-11-10-20-18(15-27-16-21(20)26(22)29)12-17-13-23(30-2)25(24(14-17)31-3)28-19-8-6-5-7-9-19/h5-11,13-16,28-29H,4,12H2,1-3H3. The molecule has 3 aromatic carbocycles. The quantitative estimate of drug-likeness (QED) is 0.374. The molecule has 1 aromatic heterocycles. The first kappa shape index (κ1) is 21.3. The third-order valence-corrected chi connectivity index (χ3v) is 5.26. The number of benzene rings is 3. The Hall–Kier alpha value is -3.93. The summed E-state index contributed by atoms with van der Waals surface area (Å²) in [6.45, 7) is 2.37. The predicted octanol–water partition coefficient (Wildman–Crippen LogP) is 5.69. The zero-order valence-electron chi connectivity index (χ0n) is 18.4. The van der Waals surface area contributed by atoms with Gasteiger partial charge in [0.05, 0.1) is 20.8 Å². The number of methoxy groups -OCH3 is 2. The van der Waals surface area contributed by atoms with E-state index in [1.54, 1.807) is 26.5 Å². The van der Waals surface area contributed by atoms with Crippen molar-refractivity contribution in [3.8, 4) is 23.0 Å². The monoisotopic (exact) mass is 430 g/mol. The van der Waals surface area contributed by atoms with E-state index in [1.807, 2.05) is 61.7 Å². The molecule has 1 heterocycles. The van der Waals surface area contributed by atoms with E-state index in [9.17, 15) is 5.11 Å². The van der Waals surface area contributed by atoms with Gasteiger partial charge < -0.3 is 24.6 Å². The molecule has 32 heavy (non-hydrogen) atoms. The Kier molecular flexibility index (Phi) is 6.31.